The van der Waals surface area contributed by atoms with Crippen LogP contribution < -0.4 is 0 Å². The molecule has 0 amide bonds. The first-order chi connectivity index (χ1) is 11.0. The lowest BCUT2D eigenvalue weighted by atomic mass is 10.1. The Morgan fingerprint density at radius 3 is 1.70 bits per heavy atom. The summed E-state index contributed by atoms with van der Waals surface area (Å²) in [6.07, 6.45) is 13.5. The predicted octanol–water partition coefficient (Wildman–Crippen LogP) is 7.37. The second-order valence-electron chi connectivity index (χ2n) is 7.01. The monoisotopic (exact) mass is 344 g/mol. The Morgan fingerprint density at radius 2 is 1.30 bits per heavy atom. The van der Waals surface area contributed by atoms with E-state index in [4.69, 9.17) is 9.53 Å². The first-order valence-corrected chi connectivity index (χ1v) is 12.3. The molecule has 0 aromatic rings. The Hall–Kier alpha value is -0.513. The quantitative estimate of drug-likeness (QED) is 0.249. The average Bonchev–Trinajstić information content (AvgIpc) is 2.54. The number of carbonyl (C=O) groups is 1. The van der Waals surface area contributed by atoms with Gasteiger partial charge in [-0.05, 0) is 24.1 Å². The minimum atomic E-state index is -2.10. The molecule has 0 aliphatic carbocycles. The minimum Gasteiger partial charge on any atom is -0.489 e. The van der Waals surface area contributed by atoms with Crippen molar-refractivity contribution in [3.63, 3.8) is 0 Å². The molecule has 23 heavy (non-hydrogen) atoms. The zero-order chi connectivity index (χ0) is 17.6. The number of unbranched alkanes of at least 4 members (excludes halogenated alkanes) is 9. The smallest absolute Gasteiger partial charge is 0.489 e. The highest BCUT2D eigenvalue weighted by Crippen LogP contribution is 2.34. The van der Waals surface area contributed by atoms with Gasteiger partial charge in [0, 0.05) is 0 Å². The van der Waals surface area contributed by atoms with E-state index in [9.17, 15) is 4.79 Å². The molecule has 0 aliphatic rings. The average molecular weight is 345 g/mol. The predicted molar refractivity (Wildman–Crippen MR) is 102 cm³/mol. The summed E-state index contributed by atoms with van der Waals surface area (Å²) in [5.74, 6) is 0. The van der Waals surface area contributed by atoms with Gasteiger partial charge in [0.05, 0.1) is 0 Å². The molecule has 1 atom stereocenters. The molecule has 0 bridgehead atoms. The van der Waals surface area contributed by atoms with Crippen LogP contribution in [0.3, 0.4) is 0 Å². The van der Waals surface area contributed by atoms with Crippen molar-refractivity contribution in [2.24, 2.45) is 0 Å². The van der Waals surface area contributed by atoms with Crippen LogP contribution in [0, 0.1) is 0 Å². The lowest BCUT2D eigenvalue weighted by molar-refractivity contribution is 0.139. The Balaban J connectivity index is 3.79. The molecule has 0 aromatic heterocycles. The van der Waals surface area contributed by atoms with Crippen molar-refractivity contribution in [3.8, 4) is 0 Å². The highest BCUT2D eigenvalue weighted by molar-refractivity contribution is 6.76. The highest BCUT2D eigenvalue weighted by atomic mass is 28.4. The van der Waals surface area contributed by atoms with Gasteiger partial charge in [0.25, 0.3) is 8.32 Å². The zero-order valence-corrected chi connectivity index (χ0v) is 17.0. The first kappa shape index (κ1) is 22.5. The Bertz CT molecular complexity index is 290. The van der Waals surface area contributed by atoms with E-state index in [0.717, 1.165) is 18.5 Å². The third-order valence-corrected chi connectivity index (χ3v) is 10.4. The van der Waals surface area contributed by atoms with Gasteiger partial charge in [-0.3, -0.25) is 0 Å². The van der Waals surface area contributed by atoms with Crippen molar-refractivity contribution < 1.29 is 14.3 Å². The molecule has 0 heterocycles. The van der Waals surface area contributed by atoms with Crippen LogP contribution in [0.2, 0.25) is 17.6 Å². The van der Waals surface area contributed by atoms with E-state index >= 15 is 0 Å². The lowest BCUT2D eigenvalue weighted by Gasteiger charge is -2.33. The number of hydrogen-bond donors (Lipinski definition) is 1. The molecule has 0 saturated heterocycles. The molecule has 0 radical (unpaired) electrons. The maximum atomic E-state index is 11.0. The normalized spacial score (nSPS) is 13.0. The van der Waals surface area contributed by atoms with E-state index in [-0.39, 0.29) is 0 Å². The molecule has 3 nitrogen and oxygen atoms in total. The zero-order valence-electron chi connectivity index (χ0n) is 16.0. The molecule has 0 fully saturated rings. The fraction of sp³-hybridized carbons (Fsp3) is 0.947. The van der Waals surface area contributed by atoms with Crippen molar-refractivity contribution >= 4 is 14.5 Å². The summed E-state index contributed by atoms with van der Waals surface area (Å²) in [4.78, 5) is 11.0. The summed E-state index contributed by atoms with van der Waals surface area (Å²) < 4.78 is 5.40. The van der Waals surface area contributed by atoms with Crippen LogP contribution in [-0.4, -0.2) is 19.6 Å². The first-order valence-electron chi connectivity index (χ1n) is 9.94. The van der Waals surface area contributed by atoms with Gasteiger partial charge in [0.1, 0.15) is 0 Å². The third kappa shape index (κ3) is 10.1. The summed E-state index contributed by atoms with van der Waals surface area (Å²) in [5.41, 5.74) is 0.433. The van der Waals surface area contributed by atoms with Gasteiger partial charge in [-0.1, -0.05) is 91.9 Å². The molecule has 0 aromatic carbocycles. The second kappa shape index (κ2) is 13.9. The highest BCUT2D eigenvalue weighted by Gasteiger charge is 2.40. The standard InChI is InChI=1S/C19H40O3Si/c1-5-8-9-10-11-12-13-14-15-16-17-18(4)23(6-2,7-3)22-19(20)21/h18H,5-17H2,1-4H3,(H,20,21). The van der Waals surface area contributed by atoms with Crippen molar-refractivity contribution in [3.05, 3.63) is 0 Å². The van der Waals surface area contributed by atoms with Gasteiger partial charge in [0.15, 0.2) is 0 Å². The molecule has 1 N–H and O–H groups in total. The van der Waals surface area contributed by atoms with Crippen molar-refractivity contribution in [1.82, 2.24) is 0 Å². The van der Waals surface area contributed by atoms with Crippen LogP contribution in [0.5, 0.6) is 0 Å². The minimum absolute atomic E-state index is 0.433. The van der Waals surface area contributed by atoms with Crippen molar-refractivity contribution in [1.29, 1.82) is 0 Å². The molecule has 0 saturated carbocycles. The Kier molecular flexibility index (Phi) is 13.6. The lowest BCUT2D eigenvalue weighted by Crippen LogP contribution is -2.42. The Labute approximate surface area is 145 Å². The fourth-order valence-electron chi connectivity index (χ4n) is 3.57. The number of hydrogen-bond acceptors (Lipinski definition) is 2. The Morgan fingerprint density at radius 1 is 0.870 bits per heavy atom. The molecule has 138 valence electrons. The van der Waals surface area contributed by atoms with E-state index in [1.165, 1.54) is 64.2 Å². The van der Waals surface area contributed by atoms with E-state index in [2.05, 4.69) is 27.7 Å². The van der Waals surface area contributed by atoms with Crippen molar-refractivity contribution in [2.45, 2.75) is 116 Å². The SMILES string of the molecule is CCCCCCCCCCCCC(C)[Si](CC)(CC)OC(=O)O. The molecular weight excluding hydrogens is 304 g/mol. The summed E-state index contributed by atoms with van der Waals surface area (Å²) in [5, 5.41) is 9.02. The van der Waals surface area contributed by atoms with Gasteiger partial charge in [-0.2, -0.15) is 0 Å². The van der Waals surface area contributed by atoms with Crippen molar-refractivity contribution in [2.75, 3.05) is 0 Å². The van der Waals surface area contributed by atoms with Crippen LogP contribution in [-0.2, 0) is 4.43 Å². The summed E-state index contributed by atoms with van der Waals surface area (Å²) >= 11 is 0. The van der Waals surface area contributed by atoms with Crippen LogP contribution in [0.1, 0.15) is 98.3 Å². The maximum absolute atomic E-state index is 11.0. The van der Waals surface area contributed by atoms with Gasteiger partial charge < -0.3 is 9.53 Å². The van der Waals surface area contributed by atoms with Crippen LogP contribution >= 0.6 is 0 Å². The molecule has 0 rings (SSSR count). The number of rotatable bonds is 15. The third-order valence-electron chi connectivity index (χ3n) is 5.38. The second-order valence-corrected chi connectivity index (χ2v) is 11.7. The van der Waals surface area contributed by atoms with E-state index in [1.54, 1.807) is 0 Å². The molecule has 1 unspecified atom stereocenters. The van der Waals surface area contributed by atoms with E-state index in [0.29, 0.717) is 5.54 Å². The van der Waals surface area contributed by atoms with Gasteiger partial charge in [-0.25, -0.2) is 4.79 Å². The van der Waals surface area contributed by atoms with Crippen LogP contribution in [0.4, 0.5) is 4.79 Å². The fourth-order valence-corrected chi connectivity index (χ4v) is 7.03. The maximum Gasteiger partial charge on any atom is 0.491 e. The summed E-state index contributed by atoms with van der Waals surface area (Å²) in [6.45, 7) is 8.65. The van der Waals surface area contributed by atoms with E-state index < -0.39 is 14.5 Å². The largest absolute Gasteiger partial charge is 0.491 e. The summed E-state index contributed by atoms with van der Waals surface area (Å²) in [7, 11) is -2.10. The molecule has 0 spiro atoms. The number of carboxylic acid groups (broad SMARTS) is 1. The van der Waals surface area contributed by atoms with Crippen LogP contribution in [0.15, 0.2) is 0 Å². The van der Waals surface area contributed by atoms with Gasteiger partial charge >= 0.3 is 6.16 Å². The topological polar surface area (TPSA) is 46.5 Å². The van der Waals surface area contributed by atoms with Gasteiger partial charge in [-0.15, -0.1) is 0 Å². The molecule has 4 heteroatoms. The molecule has 0 aliphatic heterocycles. The van der Waals surface area contributed by atoms with E-state index in [1.807, 2.05) is 0 Å². The summed E-state index contributed by atoms with van der Waals surface area (Å²) in [6, 6.07) is 1.80. The van der Waals surface area contributed by atoms with Crippen LogP contribution in [0.25, 0.3) is 0 Å². The van der Waals surface area contributed by atoms with Gasteiger partial charge in [0.2, 0.25) is 0 Å². The molecular formula is C19H40O3Si.